The summed E-state index contributed by atoms with van der Waals surface area (Å²) in [5, 5.41) is 0. The van der Waals surface area contributed by atoms with Crippen molar-refractivity contribution in [3.63, 3.8) is 0 Å². The van der Waals surface area contributed by atoms with E-state index in [4.69, 9.17) is 14.3 Å². The van der Waals surface area contributed by atoms with Crippen molar-refractivity contribution in [2.45, 2.75) is 52.7 Å². The highest BCUT2D eigenvalue weighted by atomic mass is 19.2. The number of hydrogen-bond acceptors (Lipinski definition) is 5. The Morgan fingerprint density at radius 2 is 1.34 bits per heavy atom. The van der Waals surface area contributed by atoms with Gasteiger partial charge in [0.2, 0.25) is 0 Å². The Bertz CT molecular complexity index is 1910. The molecular formula is C37H36B2F2N4O2. The second-order valence-electron chi connectivity index (χ2n) is 12.8. The third-order valence-corrected chi connectivity index (χ3v) is 8.93. The lowest BCUT2D eigenvalue weighted by Crippen LogP contribution is -2.41. The van der Waals surface area contributed by atoms with Crippen LogP contribution in [0.15, 0.2) is 108 Å². The van der Waals surface area contributed by atoms with Gasteiger partial charge in [-0.25, -0.2) is 4.99 Å². The topological polar surface area (TPSA) is 61.5 Å². The first kappa shape index (κ1) is 32.3. The van der Waals surface area contributed by atoms with Crippen LogP contribution in [0.2, 0.25) is 0 Å². The van der Waals surface area contributed by atoms with Crippen molar-refractivity contribution in [3.05, 3.63) is 136 Å². The molecule has 0 spiro atoms. The highest BCUT2D eigenvalue weighted by Gasteiger charge is 2.51. The van der Waals surface area contributed by atoms with Crippen molar-refractivity contribution < 1.29 is 17.9 Å². The molecule has 4 aromatic rings. The van der Waals surface area contributed by atoms with Crippen LogP contribution in [0.4, 0.5) is 8.63 Å². The first-order chi connectivity index (χ1) is 22.4. The predicted octanol–water partition coefficient (Wildman–Crippen LogP) is 7.70. The van der Waals surface area contributed by atoms with E-state index in [-0.39, 0.29) is 0 Å². The van der Waals surface area contributed by atoms with Crippen molar-refractivity contribution in [1.29, 1.82) is 0 Å². The molecule has 6 rings (SSSR count). The van der Waals surface area contributed by atoms with Gasteiger partial charge in [-0.2, -0.15) is 0 Å². The fourth-order valence-corrected chi connectivity index (χ4v) is 5.70. The molecule has 0 bridgehead atoms. The number of allylic oxidation sites excluding steroid dienone is 3. The summed E-state index contributed by atoms with van der Waals surface area (Å²) in [5.41, 5.74) is 6.84. The van der Waals surface area contributed by atoms with E-state index in [1.54, 1.807) is 36.9 Å². The van der Waals surface area contributed by atoms with Gasteiger partial charge in [-0.1, -0.05) is 36.4 Å². The number of aryl methyl sites for hydroxylation is 1. The van der Waals surface area contributed by atoms with Crippen LogP contribution in [-0.4, -0.2) is 45.9 Å². The molecule has 236 valence electrons. The largest absolute Gasteiger partial charge is 0.678 e. The lowest BCUT2D eigenvalue weighted by molar-refractivity contribution is 0.00578. The summed E-state index contributed by atoms with van der Waals surface area (Å²) >= 11 is 0. The lowest BCUT2D eigenvalue weighted by Gasteiger charge is -2.32. The average Bonchev–Trinajstić information content (AvgIpc) is 3.65. The highest BCUT2D eigenvalue weighted by Crippen LogP contribution is 2.39. The lowest BCUT2D eigenvalue weighted by atomic mass is 9.78. The Morgan fingerprint density at radius 1 is 0.787 bits per heavy atom. The van der Waals surface area contributed by atoms with E-state index >= 15 is 8.63 Å². The summed E-state index contributed by atoms with van der Waals surface area (Å²) in [6.45, 7) is 11.9. The van der Waals surface area contributed by atoms with Gasteiger partial charge in [0.25, 0.3) is 0 Å². The number of pyridine rings is 2. The summed E-state index contributed by atoms with van der Waals surface area (Å²) in [7, 11) is -3.34. The Balaban J connectivity index is 1.48. The molecule has 0 saturated carbocycles. The van der Waals surface area contributed by atoms with Crippen molar-refractivity contribution in [3.8, 4) is 0 Å². The van der Waals surface area contributed by atoms with Gasteiger partial charge in [0, 0.05) is 41.7 Å². The fourth-order valence-electron chi connectivity index (χ4n) is 5.70. The monoisotopic (exact) mass is 628 g/mol. The minimum atomic E-state index is -2.80. The smallest absolute Gasteiger partial charge is 0.399 e. The van der Waals surface area contributed by atoms with Crippen LogP contribution in [0.3, 0.4) is 0 Å². The molecule has 2 aliphatic heterocycles. The minimum absolute atomic E-state index is 0.387. The minimum Gasteiger partial charge on any atom is -0.399 e. The first-order valence-electron chi connectivity index (χ1n) is 15.6. The van der Waals surface area contributed by atoms with Crippen molar-refractivity contribution in [2.24, 2.45) is 4.99 Å². The first-order valence-corrected chi connectivity index (χ1v) is 15.6. The summed E-state index contributed by atoms with van der Waals surface area (Å²) in [5.74, 6) is 0. The summed E-state index contributed by atoms with van der Waals surface area (Å²) in [4.78, 5) is 13.1. The zero-order valence-corrected chi connectivity index (χ0v) is 27.4. The predicted molar refractivity (Wildman–Crippen MR) is 188 cm³/mol. The highest BCUT2D eigenvalue weighted by molar-refractivity contribution is 6.62. The normalized spacial score (nSPS) is 18.3. The fraction of sp³-hybridized carbons (Fsp3) is 0.216. The molecule has 0 unspecified atom stereocenters. The van der Waals surface area contributed by atoms with Gasteiger partial charge in [-0.3, -0.25) is 18.6 Å². The second-order valence-corrected chi connectivity index (χ2v) is 12.8. The van der Waals surface area contributed by atoms with Gasteiger partial charge in [0.05, 0.1) is 22.6 Å². The molecule has 0 atom stereocenters. The van der Waals surface area contributed by atoms with E-state index in [0.29, 0.717) is 28.2 Å². The molecule has 0 radical (unpaired) electrons. The molecule has 0 N–H and O–H groups in total. The average molecular weight is 628 g/mol. The number of nitrogens with zero attached hydrogens (tertiary/aromatic N) is 4. The number of rotatable bonds is 8. The van der Waals surface area contributed by atoms with Gasteiger partial charge in [0.15, 0.2) is 0 Å². The number of hydrogen-bond donors (Lipinski definition) is 0. The van der Waals surface area contributed by atoms with E-state index in [9.17, 15) is 0 Å². The zero-order valence-electron chi connectivity index (χ0n) is 27.4. The van der Waals surface area contributed by atoms with Gasteiger partial charge < -0.3 is 13.8 Å². The van der Waals surface area contributed by atoms with E-state index < -0.39 is 25.7 Å². The van der Waals surface area contributed by atoms with Crippen LogP contribution in [0.5, 0.6) is 0 Å². The summed E-state index contributed by atoms with van der Waals surface area (Å²) in [6.07, 6.45) is 16.2. The second kappa shape index (κ2) is 12.9. The van der Waals surface area contributed by atoms with Crippen LogP contribution in [0.1, 0.15) is 68.3 Å². The SMILES string of the molecule is CC1=CC(/C=C/c2ccncc2)=NC/1=C(/c1ccc(B2OC(C)(C)C(C)(C)O2)cc1)c1c(C)cc(/C=C\c2ccncc2)n1B(F)F. The van der Waals surface area contributed by atoms with Gasteiger partial charge in [0.1, 0.15) is 0 Å². The molecule has 6 nitrogen and oxygen atoms in total. The Labute approximate surface area is 275 Å². The van der Waals surface area contributed by atoms with E-state index in [0.717, 1.165) is 37.9 Å². The Kier molecular flexibility index (Phi) is 8.83. The Hall–Kier alpha value is -4.66. The standard InChI is InChI=1S/C37H36B2F2N4O2/c1-25-23-31(13-7-27-15-19-42-20-16-27)44-34(25)33(29-9-11-30(12-10-29)38-46-36(3,4)37(5,6)47-38)35-26(2)24-32(45(35)39(40)41)14-8-28-17-21-43-22-18-28/h7-24H,1-6H3/b13-7+,14-8-,34-33-. The molecule has 0 aliphatic carbocycles. The molecule has 0 amide bonds. The van der Waals surface area contributed by atoms with Crippen molar-refractivity contribution >= 4 is 49.5 Å². The number of aliphatic imine (C=N–C) groups is 1. The zero-order chi connectivity index (χ0) is 33.3. The van der Waals surface area contributed by atoms with Crippen LogP contribution < -0.4 is 5.46 Å². The van der Waals surface area contributed by atoms with Crippen LogP contribution in [-0.2, 0) is 9.31 Å². The number of halogens is 2. The molecule has 1 saturated heterocycles. The van der Waals surface area contributed by atoms with E-state index in [1.165, 1.54) is 0 Å². The molecule has 2 aliphatic rings. The number of benzene rings is 1. The molecule has 1 aromatic carbocycles. The number of aromatic nitrogens is 3. The molecule has 3 aromatic heterocycles. The molecule has 5 heterocycles. The van der Waals surface area contributed by atoms with E-state index in [1.807, 2.05) is 114 Å². The van der Waals surface area contributed by atoms with Gasteiger partial charge in [-0.05, 0) is 123 Å². The van der Waals surface area contributed by atoms with Gasteiger partial charge >= 0.3 is 14.5 Å². The maximum absolute atomic E-state index is 15.1. The summed E-state index contributed by atoms with van der Waals surface area (Å²) < 4.78 is 43.8. The van der Waals surface area contributed by atoms with Crippen LogP contribution in [0.25, 0.3) is 23.8 Å². The third kappa shape index (κ3) is 6.62. The maximum Gasteiger partial charge on any atom is 0.678 e. The van der Waals surface area contributed by atoms with E-state index in [2.05, 4.69) is 9.97 Å². The maximum atomic E-state index is 15.1. The van der Waals surface area contributed by atoms with Crippen molar-refractivity contribution in [2.75, 3.05) is 0 Å². The van der Waals surface area contributed by atoms with Crippen LogP contribution >= 0.6 is 0 Å². The molecule has 47 heavy (non-hydrogen) atoms. The van der Waals surface area contributed by atoms with Crippen LogP contribution in [0, 0.1) is 6.92 Å². The van der Waals surface area contributed by atoms with Crippen molar-refractivity contribution in [1.82, 2.24) is 14.4 Å². The summed E-state index contributed by atoms with van der Waals surface area (Å²) in [6, 6.07) is 17.0. The van der Waals surface area contributed by atoms with Gasteiger partial charge in [-0.15, -0.1) is 0 Å². The quantitative estimate of drug-likeness (QED) is 0.188. The molecule has 10 heteroatoms. The third-order valence-electron chi connectivity index (χ3n) is 8.93. The Morgan fingerprint density at radius 3 is 1.89 bits per heavy atom. The molecular weight excluding hydrogens is 592 g/mol. The molecule has 1 fully saturated rings.